The molecule has 0 bridgehead atoms. The second-order valence-corrected chi connectivity index (χ2v) is 7.64. The first-order valence-electron chi connectivity index (χ1n) is 7.91. The highest BCUT2D eigenvalue weighted by Gasteiger charge is 2.36. The number of nitrogens with one attached hydrogen (secondary N) is 1. The van der Waals surface area contributed by atoms with Crippen molar-refractivity contribution in [3.05, 3.63) is 36.4 Å². The molecule has 0 spiro atoms. The molecule has 1 aliphatic heterocycles. The van der Waals surface area contributed by atoms with E-state index in [1.54, 1.807) is 12.3 Å². The molecule has 0 amide bonds. The highest BCUT2D eigenvalue weighted by molar-refractivity contribution is 7.89. The molecule has 0 saturated carbocycles. The average Bonchev–Trinajstić information content (AvgIpc) is 3.06. The quantitative estimate of drug-likeness (QED) is 0.808. The van der Waals surface area contributed by atoms with Crippen molar-refractivity contribution in [1.29, 1.82) is 0 Å². The van der Waals surface area contributed by atoms with E-state index in [9.17, 15) is 8.42 Å². The Balaban J connectivity index is 0.00000243. The van der Waals surface area contributed by atoms with Crippen molar-refractivity contribution in [2.24, 2.45) is 7.05 Å². The summed E-state index contributed by atoms with van der Waals surface area (Å²) in [6.07, 6.45) is 3.48. The first-order chi connectivity index (χ1) is 12.0. The van der Waals surface area contributed by atoms with Gasteiger partial charge in [0.25, 0.3) is 0 Å². The van der Waals surface area contributed by atoms with Gasteiger partial charge in [-0.2, -0.15) is 4.31 Å². The lowest BCUT2D eigenvalue weighted by atomic mass is 10.2. The van der Waals surface area contributed by atoms with Crippen molar-refractivity contribution in [2.75, 3.05) is 33.9 Å². The van der Waals surface area contributed by atoms with E-state index in [1.165, 1.54) is 30.7 Å². The van der Waals surface area contributed by atoms with Crippen LogP contribution in [0.2, 0.25) is 0 Å². The first kappa shape index (κ1) is 20.5. The summed E-state index contributed by atoms with van der Waals surface area (Å²) >= 11 is 0. The number of aromatic nitrogens is 2. The fourth-order valence-electron chi connectivity index (χ4n) is 3.00. The predicted molar refractivity (Wildman–Crippen MR) is 99.5 cm³/mol. The number of imidazole rings is 1. The van der Waals surface area contributed by atoms with Gasteiger partial charge in [0.2, 0.25) is 10.0 Å². The van der Waals surface area contributed by atoms with Gasteiger partial charge in [-0.3, -0.25) is 0 Å². The number of nitrogens with zero attached hydrogens (tertiary/aromatic N) is 3. The minimum atomic E-state index is -3.71. The van der Waals surface area contributed by atoms with Crippen LogP contribution in [0.15, 0.2) is 35.5 Å². The SMILES string of the molecule is COc1ccc(S(=O)(=O)N2CCNCC2c2nccn2C)cc1OC.Cl. The lowest BCUT2D eigenvalue weighted by molar-refractivity contribution is 0.258. The van der Waals surface area contributed by atoms with Crippen molar-refractivity contribution in [2.45, 2.75) is 10.9 Å². The minimum Gasteiger partial charge on any atom is -0.493 e. The second kappa shape index (κ2) is 8.26. The highest BCUT2D eigenvalue weighted by Crippen LogP contribution is 2.33. The van der Waals surface area contributed by atoms with Crippen LogP contribution in [0.25, 0.3) is 0 Å². The van der Waals surface area contributed by atoms with Gasteiger partial charge in [-0.1, -0.05) is 0 Å². The van der Waals surface area contributed by atoms with Crippen LogP contribution in [0.3, 0.4) is 0 Å². The number of benzene rings is 1. The summed E-state index contributed by atoms with van der Waals surface area (Å²) in [7, 11) is 1.15. The normalized spacial score (nSPS) is 18.2. The summed E-state index contributed by atoms with van der Waals surface area (Å²) in [5.41, 5.74) is 0. The van der Waals surface area contributed by atoms with E-state index >= 15 is 0 Å². The maximum absolute atomic E-state index is 13.2. The van der Waals surface area contributed by atoms with Gasteiger partial charge >= 0.3 is 0 Å². The van der Waals surface area contributed by atoms with Gasteiger partial charge in [0.1, 0.15) is 5.82 Å². The average molecular weight is 403 g/mol. The third kappa shape index (κ3) is 3.66. The fourth-order valence-corrected chi connectivity index (χ4v) is 4.61. The summed E-state index contributed by atoms with van der Waals surface area (Å²) in [5, 5.41) is 3.24. The van der Waals surface area contributed by atoms with Gasteiger partial charge in [-0.15, -0.1) is 12.4 Å². The van der Waals surface area contributed by atoms with Gasteiger partial charge < -0.3 is 19.4 Å². The van der Waals surface area contributed by atoms with Gasteiger partial charge in [0.15, 0.2) is 11.5 Å². The summed E-state index contributed by atoms with van der Waals surface area (Å²) < 4.78 is 40.2. The summed E-state index contributed by atoms with van der Waals surface area (Å²) in [4.78, 5) is 4.50. The topological polar surface area (TPSA) is 85.7 Å². The van der Waals surface area contributed by atoms with Crippen LogP contribution in [-0.4, -0.2) is 56.1 Å². The third-order valence-corrected chi connectivity index (χ3v) is 6.22. The molecular weight excluding hydrogens is 380 g/mol. The summed E-state index contributed by atoms with van der Waals surface area (Å²) in [5.74, 6) is 1.57. The van der Waals surface area contributed by atoms with Gasteiger partial charge in [0, 0.05) is 45.1 Å². The molecule has 0 aliphatic carbocycles. The zero-order chi connectivity index (χ0) is 18.0. The van der Waals surface area contributed by atoms with Crippen LogP contribution in [0.4, 0.5) is 0 Å². The van der Waals surface area contributed by atoms with E-state index in [1.807, 2.05) is 17.8 Å². The monoisotopic (exact) mass is 402 g/mol. The molecule has 1 unspecified atom stereocenters. The van der Waals surface area contributed by atoms with Crippen molar-refractivity contribution < 1.29 is 17.9 Å². The Morgan fingerprint density at radius 3 is 2.58 bits per heavy atom. The highest BCUT2D eigenvalue weighted by atomic mass is 35.5. The molecular formula is C16H23ClN4O4S. The van der Waals surface area contributed by atoms with Crippen LogP contribution >= 0.6 is 12.4 Å². The fraction of sp³-hybridized carbons (Fsp3) is 0.438. The van der Waals surface area contributed by atoms with E-state index in [2.05, 4.69) is 10.3 Å². The van der Waals surface area contributed by atoms with Crippen LogP contribution < -0.4 is 14.8 Å². The Kier molecular flexibility index (Phi) is 6.51. The Morgan fingerprint density at radius 1 is 1.23 bits per heavy atom. The molecule has 1 aromatic heterocycles. The molecule has 1 fully saturated rings. The lowest BCUT2D eigenvalue weighted by Crippen LogP contribution is -2.49. The Bertz CT molecular complexity index is 856. The zero-order valence-electron chi connectivity index (χ0n) is 14.9. The number of hydrogen-bond acceptors (Lipinski definition) is 6. The molecule has 144 valence electrons. The van der Waals surface area contributed by atoms with Crippen molar-refractivity contribution >= 4 is 22.4 Å². The zero-order valence-corrected chi connectivity index (χ0v) is 16.5. The standard InChI is InChI=1S/C16H22N4O4S.ClH/c1-19-8-7-18-16(19)13-11-17-6-9-20(13)25(21,22)12-4-5-14(23-2)15(10-12)24-3;/h4-5,7-8,10,13,17H,6,9,11H2,1-3H3;1H. The number of aryl methyl sites for hydroxylation is 1. The van der Waals surface area contributed by atoms with Crippen LogP contribution in [0.5, 0.6) is 11.5 Å². The molecule has 2 heterocycles. The maximum atomic E-state index is 13.2. The van der Waals surface area contributed by atoms with E-state index < -0.39 is 10.0 Å². The maximum Gasteiger partial charge on any atom is 0.243 e. The molecule has 3 rings (SSSR count). The van der Waals surface area contributed by atoms with Crippen molar-refractivity contribution in [3.8, 4) is 11.5 Å². The molecule has 1 atom stereocenters. The molecule has 1 N–H and O–H groups in total. The smallest absolute Gasteiger partial charge is 0.243 e. The first-order valence-corrected chi connectivity index (χ1v) is 9.35. The van der Waals surface area contributed by atoms with E-state index in [4.69, 9.17) is 9.47 Å². The second-order valence-electron chi connectivity index (χ2n) is 5.75. The predicted octanol–water partition coefficient (Wildman–Crippen LogP) is 1.19. The number of sulfonamides is 1. The number of halogens is 1. The minimum absolute atomic E-state index is 0. The molecule has 1 aliphatic rings. The Morgan fingerprint density at radius 2 is 1.96 bits per heavy atom. The number of rotatable bonds is 5. The molecule has 0 radical (unpaired) electrons. The van der Waals surface area contributed by atoms with E-state index in [0.717, 1.165) is 0 Å². The van der Waals surface area contributed by atoms with Crippen LogP contribution in [0.1, 0.15) is 11.9 Å². The molecule has 10 heteroatoms. The molecule has 26 heavy (non-hydrogen) atoms. The third-order valence-electron chi connectivity index (χ3n) is 4.31. The molecule has 2 aromatic rings. The molecule has 1 saturated heterocycles. The van der Waals surface area contributed by atoms with Gasteiger partial charge in [-0.25, -0.2) is 13.4 Å². The van der Waals surface area contributed by atoms with Crippen molar-refractivity contribution in [3.63, 3.8) is 0 Å². The lowest BCUT2D eigenvalue weighted by Gasteiger charge is -2.34. The van der Waals surface area contributed by atoms with Gasteiger partial charge in [0.05, 0.1) is 25.2 Å². The number of ether oxygens (including phenoxy) is 2. The summed E-state index contributed by atoms with van der Waals surface area (Å²) in [6.45, 7) is 1.47. The Labute approximate surface area is 159 Å². The number of hydrogen-bond donors (Lipinski definition) is 1. The van der Waals surface area contributed by atoms with E-state index in [-0.39, 0.29) is 23.3 Å². The van der Waals surface area contributed by atoms with Crippen LogP contribution in [0, 0.1) is 0 Å². The van der Waals surface area contributed by atoms with Gasteiger partial charge in [-0.05, 0) is 12.1 Å². The van der Waals surface area contributed by atoms with E-state index in [0.29, 0.717) is 37.0 Å². The summed E-state index contributed by atoms with van der Waals surface area (Å²) in [6, 6.07) is 4.26. The number of methoxy groups -OCH3 is 2. The molecule has 8 nitrogen and oxygen atoms in total. The van der Waals surface area contributed by atoms with Crippen molar-refractivity contribution in [1.82, 2.24) is 19.2 Å². The Hall–Kier alpha value is -1.81. The largest absolute Gasteiger partial charge is 0.493 e. The van der Waals surface area contributed by atoms with Crippen LogP contribution in [-0.2, 0) is 17.1 Å². The number of piperazine rings is 1. The molecule has 1 aromatic carbocycles.